The Hall–Kier alpha value is -4.72. The van der Waals surface area contributed by atoms with Crippen molar-refractivity contribution in [2.24, 2.45) is 5.92 Å². The third kappa shape index (κ3) is 8.22. The molecule has 1 aliphatic rings. The minimum Gasteiger partial charge on any atom is -0.368 e. The first-order valence-corrected chi connectivity index (χ1v) is 16.4. The number of benzene rings is 5. The second kappa shape index (κ2) is 16.4. The monoisotopic (exact) mass is 640 g/mol. The van der Waals surface area contributed by atoms with Crippen molar-refractivity contribution < 1.29 is 28.5 Å². The van der Waals surface area contributed by atoms with Crippen LogP contribution in [0, 0.1) is 5.92 Å². The van der Waals surface area contributed by atoms with Crippen molar-refractivity contribution >= 4 is 11.6 Å². The molecule has 6 heteroatoms. The van der Waals surface area contributed by atoms with Crippen molar-refractivity contribution in [2.45, 2.75) is 57.3 Å². The van der Waals surface area contributed by atoms with Crippen LogP contribution in [-0.4, -0.2) is 42.1 Å². The summed E-state index contributed by atoms with van der Waals surface area (Å²) in [5.41, 5.74) is 3.78. The van der Waals surface area contributed by atoms with Crippen LogP contribution in [0.25, 0.3) is 0 Å². The van der Waals surface area contributed by atoms with E-state index in [4.69, 9.17) is 18.9 Å². The van der Waals surface area contributed by atoms with Crippen LogP contribution in [0.2, 0.25) is 0 Å². The van der Waals surface area contributed by atoms with Gasteiger partial charge in [-0.1, -0.05) is 152 Å². The lowest BCUT2D eigenvalue weighted by molar-refractivity contribution is -0.264. The molecule has 0 amide bonds. The first-order valence-electron chi connectivity index (χ1n) is 16.4. The van der Waals surface area contributed by atoms with Crippen LogP contribution in [0.15, 0.2) is 152 Å². The highest BCUT2D eigenvalue weighted by molar-refractivity contribution is 6.16. The summed E-state index contributed by atoms with van der Waals surface area (Å²) in [5.74, 6) is -1.86. The zero-order valence-electron chi connectivity index (χ0n) is 27.0. The van der Waals surface area contributed by atoms with Crippen LogP contribution in [0.4, 0.5) is 0 Å². The molecule has 0 bridgehead atoms. The van der Waals surface area contributed by atoms with Gasteiger partial charge in [-0.2, -0.15) is 0 Å². The lowest BCUT2D eigenvalue weighted by Gasteiger charge is -2.47. The average Bonchev–Trinajstić information content (AvgIpc) is 3.15. The first-order chi connectivity index (χ1) is 23.6. The normalized spacial score (nSPS) is 20.8. The van der Waals surface area contributed by atoms with E-state index < -0.39 is 36.4 Å². The van der Waals surface area contributed by atoms with Gasteiger partial charge >= 0.3 is 0 Å². The minimum atomic E-state index is -1.20. The quantitative estimate of drug-likeness (QED) is 0.0908. The number of carbonyl (C=O) groups is 2. The molecule has 48 heavy (non-hydrogen) atoms. The van der Waals surface area contributed by atoms with Gasteiger partial charge in [0.2, 0.25) is 0 Å². The Morgan fingerprint density at radius 3 is 1.23 bits per heavy atom. The van der Waals surface area contributed by atoms with Gasteiger partial charge in [-0.15, -0.1) is 0 Å². The maximum Gasteiger partial charge on any atom is 0.176 e. The molecule has 1 fully saturated rings. The van der Waals surface area contributed by atoms with Gasteiger partial charge in [0.15, 0.2) is 11.6 Å². The van der Waals surface area contributed by atoms with Gasteiger partial charge in [-0.05, 0) is 23.6 Å². The van der Waals surface area contributed by atoms with Crippen molar-refractivity contribution in [3.05, 3.63) is 179 Å². The third-order valence-corrected chi connectivity index (χ3v) is 8.67. The van der Waals surface area contributed by atoms with Crippen LogP contribution < -0.4 is 0 Å². The Balaban J connectivity index is 1.41. The molecular formula is C42H40O6. The number of ketones is 2. The topological polar surface area (TPSA) is 71.1 Å². The molecule has 0 unspecified atom stereocenters. The number of carbonyl (C=O) groups excluding carboxylic acids is 2. The van der Waals surface area contributed by atoms with Crippen molar-refractivity contribution in [1.29, 1.82) is 0 Å². The van der Waals surface area contributed by atoms with Gasteiger partial charge in [0.05, 0.1) is 25.9 Å². The fourth-order valence-electron chi connectivity index (χ4n) is 6.20. The number of rotatable bonds is 14. The number of hydrogen-bond acceptors (Lipinski definition) is 6. The smallest absolute Gasteiger partial charge is 0.176 e. The molecule has 0 radical (unpaired) electrons. The predicted octanol–water partition coefficient (Wildman–Crippen LogP) is 7.91. The molecule has 6 nitrogen and oxygen atoms in total. The fraction of sp³-hybridized carbons (Fsp3) is 0.238. The first kappa shape index (κ1) is 33.2. The second-order valence-electron chi connectivity index (χ2n) is 12.0. The van der Waals surface area contributed by atoms with E-state index in [2.05, 4.69) is 0 Å². The molecule has 0 aliphatic carbocycles. The van der Waals surface area contributed by atoms with Crippen LogP contribution >= 0.6 is 0 Å². The van der Waals surface area contributed by atoms with Crippen LogP contribution in [0.3, 0.4) is 0 Å². The molecule has 0 saturated carbocycles. The molecule has 0 aromatic heterocycles. The number of hydrogen-bond donors (Lipinski definition) is 0. The zero-order chi connectivity index (χ0) is 33.1. The molecule has 1 saturated heterocycles. The lowest BCUT2D eigenvalue weighted by Crippen LogP contribution is -2.62. The molecule has 0 spiro atoms. The van der Waals surface area contributed by atoms with Crippen molar-refractivity contribution in [3.63, 3.8) is 0 Å². The minimum absolute atomic E-state index is 0.224. The van der Waals surface area contributed by atoms with Crippen molar-refractivity contribution in [2.75, 3.05) is 0 Å². The van der Waals surface area contributed by atoms with Gasteiger partial charge < -0.3 is 18.9 Å². The van der Waals surface area contributed by atoms with E-state index in [0.29, 0.717) is 17.7 Å². The second-order valence-corrected chi connectivity index (χ2v) is 12.0. The summed E-state index contributed by atoms with van der Waals surface area (Å²) in [7, 11) is 0. The Morgan fingerprint density at radius 1 is 0.500 bits per heavy atom. The summed E-state index contributed by atoms with van der Waals surface area (Å²) >= 11 is 0. The Bertz CT molecular complexity index is 1660. The van der Waals surface area contributed by atoms with E-state index >= 15 is 0 Å². The van der Waals surface area contributed by atoms with Gasteiger partial charge in [0, 0.05) is 11.1 Å². The molecule has 6 rings (SSSR count). The van der Waals surface area contributed by atoms with Crippen LogP contribution in [-0.2, 0) is 38.8 Å². The summed E-state index contributed by atoms with van der Waals surface area (Å²) in [6.45, 7) is 2.75. The molecule has 5 aromatic carbocycles. The Kier molecular flexibility index (Phi) is 11.3. The maximum atomic E-state index is 14.4. The van der Waals surface area contributed by atoms with Gasteiger partial charge in [0.25, 0.3) is 0 Å². The lowest BCUT2D eigenvalue weighted by atomic mass is 9.79. The highest BCUT2D eigenvalue weighted by Crippen LogP contribution is 2.36. The van der Waals surface area contributed by atoms with E-state index in [0.717, 1.165) is 16.7 Å². The zero-order valence-corrected chi connectivity index (χ0v) is 27.0. The largest absolute Gasteiger partial charge is 0.368 e. The summed E-state index contributed by atoms with van der Waals surface area (Å²) < 4.78 is 26.8. The molecule has 1 heterocycles. The summed E-state index contributed by atoms with van der Waals surface area (Å²) in [6, 6.07) is 47.4. The number of Topliss-reactive ketones (excluding diaryl/α,β-unsaturated/α-hetero) is 2. The predicted molar refractivity (Wildman–Crippen MR) is 184 cm³/mol. The third-order valence-electron chi connectivity index (χ3n) is 8.67. The van der Waals surface area contributed by atoms with E-state index in [9.17, 15) is 9.59 Å². The molecule has 1 aliphatic heterocycles. The van der Waals surface area contributed by atoms with Gasteiger partial charge in [0.1, 0.15) is 30.3 Å². The highest BCUT2D eigenvalue weighted by Gasteiger charge is 2.52. The van der Waals surface area contributed by atoms with E-state index in [1.54, 1.807) is 48.5 Å². The molecule has 5 aromatic rings. The van der Waals surface area contributed by atoms with Gasteiger partial charge in [-0.3, -0.25) is 9.59 Å². The van der Waals surface area contributed by atoms with Crippen LogP contribution in [0.1, 0.15) is 44.3 Å². The molecular weight excluding hydrogens is 600 g/mol. The SMILES string of the molecule is C[C@@H]1O[C@H](C(C(=O)c2ccccc2)C(=O)c2ccccc2)[C@@H](OCc2ccccc2)[C@H](OCc2ccccc2)[C@@H]1OCc1ccccc1. The fourth-order valence-corrected chi connectivity index (χ4v) is 6.20. The van der Waals surface area contributed by atoms with E-state index in [1.165, 1.54) is 0 Å². The molecule has 244 valence electrons. The Morgan fingerprint density at radius 2 is 0.833 bits per heavy atom. The summed E-state index contributed by atoms with van der Waals surface area (Å²) in [5, 5.41) is 0. The Labute approximate surface area is 282 Å². The van der Waals surface area contributed by atoms with Crippen molar-refractivity contribution in [3.8, 4) is 0 Å². The highest BCUT2D eigenvalue weighted by atomic mass is 16.6. The average molecular weight is 641 g/mol. The molecule has 0 N–H and O–H groups in total. The number of ether oxygens (including phenoxy) is 4. The maximum absolute atomic E-state index is 14.4. The van der Waals surface area contributed by atoms with Gasteiger partial charge in [-0.25, -0.2) is 0 Å². The van der Waals surface area contributed by atoms with Crippen molar-refractivity contribution in [1.82, 2.24) is 0 Å². The standard InChI is InChI=1S/C42H40O6/c1-30-39(45-27-31-17-7-2-8-18-31)41(46-28-32-19-9-3-10-20-32)42(47-29-33-21-11-4-12-22-33)40(48-30)36(37(43)34-23-13-5-14-24-34)38(44)35-25-15-6-16-26-35/h2-26,30,36,39-42H,27-29H2,1H3/t30-,39+,40+,41+,42+/m0/s1. The van der Waals surface area contributed by atoms with E-state index in [-0.39, 0.29) is 24.8 Å². The summed E-state index contributed by atoms with van der Waals surface area (Å²) in [4.78, 5) is 28.9. The van der Waals surface area contributed by atoms with E-state index in [1.807, 2.05) is 110 Å². The molecule has 5 atom stereocenters. The van der Waals surface area contributed by atoms with Crippen LogP contribution in [0.5, 0.6) is 0 Å². The summed E-state index contributed by atoms with van der Waals surface area (Å²) in [6.07, 6.45) is -3.59.